The summed E-state index contributed by atoms with van der Waals surface area (Å²) in [7, 11) is -5.17. The van der Waals surface area contributed by atoms with Crippen LogP contribution in [0.25, 0.3) is 0 Å². The fourth-order valence-corrected chi connectivity index (χ4v) is 0. The standard InChI is InChI=1S/Mg.H2O4S.Tb/c;1-5(2,3)4;/h;(H2,1,2,3,4);/q+2;;/p-2. The van der Waals surface area contributed by atoms with Crippen LogP contribution in [0.15, 0.2) is 0 Å². The van der Waals surface area contributed by atoms with E-state index in [0.29, 0.717) is 0 Å². The van der Waals surface area contributed by atoms with Crippen LogP contribution in [0.4, 0.5) is 0 Å². The summed E-state index contributed by atoms with van der Waals surface area (Å²) >= 11 is 0. The molecule has 0 spiro atoms. The minimum atomic E-state index is -5.17. The first kappa shape index (κ1) is 16.0. The molecular formula is MgO4STb. The van der Waals surface area contributed by atoms with Gasteiger partial charge in [-0.15, -0.1) is 0 Å². The summed E-state index contributed by atoms with van der Waals surface area (Å²) in [4.78, 5) is 0. The molecule has 0 aliphatic heterocycles. The van der Waals surface area contributed by atoms with E-state index in [1.54, 1.807) is 0 Å². The van der Waals surface area contributed by atoms with Gasteiger partial charge in [0.25, 0.3) is 0 Å². The van der Waals surface area contributed by atoms with Crippen molar-refractivity contribution in [1.82, 2.24) is 0 Å². The van der Waals surface area contributed by atoms with Crippen LogP contribution in [0.3, 0.4) is 0 Å². The van der Waals surface area contributed by atoms with E-state index in [1.807, 2.05) is 0 Å². The zero-order chi connectivity index (χ0) is 4.50. The zero-order valence-electron chi connectivity index (χ0n) is 3.08. The number of hydrogen-bond donors (Lipinski definition) is 0. The Kier molecular flexibility index (Phi) is 13.8. The van der Waals surface area contributed by atoms with Crippen molar-refractivity contribution >= 4 is 33.5 Å². The van der Waals surface area contributed by atoms with Gasteiger partial charge in [-0.3, -0.25) is 8.42 Å². The van der Waals surface area contributed by atoms with Crippen molar-refractivity contribution in [3.05, 3.63) is 0 Å². The number of hydrogen-bond acceptors (Lipinski definition) is 4. The van der Waals surface area contributed by atoms with Crippen molar-refractivity contribution in [1.29, 1.82) is 0 Å². The molecule has 0 aromatic carbocycles. The van der Waals surface area contributed by atoms with E-state index in [0.717, 1.165) is 0 Å². The molecule has 0 amide bonds. The van der Waals surface area contributed by atoms with Gasteiger partial charge in [0.05, 0.1) is 0 Å². The third kappa shape index (κ3) is 75.2. The molecule has 0 bridgehead atoms. The first-order chi connectivity index (χ1) is 2.00. The van der Waals surface area contributed by atoms with Gasteiger partial charge in [0.15, 0.2) is 0 Å². The average molecular weight is 279 g/mol. The molecule has 0 aliphatic carbocycles. The van der Waals surface area contributed by atoms with Crippen molar-refractivity contribution in [3.8, 4) is 0 Å². The Morgan fingerprint density at radius 3 is 1.14 bits per heavy atom. The Morgan fingerprint density at radius 2 is 1.14 bits per heavy atom. The molecule has 0 saturated carbocycles. The van der Waals surface area contributed by atoms with Crippen LogP contribution in [-0.4, -0.2) is 40.6 Å². The van der Waals surface area contributed by atoms with Crippen LogP contribution in [-0.2, 0) is 10.4 Å². The minimum absolute atomic E-state index is 0. The second-order valence-electron chi connectivity index (χ2n) is 0.408. The Balaban J connectivity index is -0.0000000800. The summed E-state index contributed by atoms with van der Waals surface area (Å²) < 4.78 is 34.1. The van der Waals surface area contributed by atoms with Crippen molar-refractivity contribution in [3.63, 3.8) is 0 Å². The second kappa shape index (κ2) is 6.05. The largest absolute Gasteiger partial charge is 2.00 e. The Bertz CT molecular complexity index is 94.9. The Hall–Kier alpha value is 1.92. The van der Waals surface area contributed by atoms with Crippen LogP contribution >= 0.6 is 0 Å². The molecule has 0 unspecified atom stereocenters. The Morgan fingerprint density at radius 1 is 1.14 bits per heavy atom. The van der Waals surface area contributed by atoms with Gasteiger partial charge in [0.1, 0.15) is 0 Å². The van der Waals surface area contributed by atoms with Crippen LogP contribution in [0.5, 0.6) is 0 Å². The maximum absolute atomic E-state index is 8.52. The fraction of sp³-hybridized carbons (Fsp3) is 0. The first-order valence-corrected chi connectivity index (χ1v) is 2.00. The van der Waals surface area contributed by atoms with E-state index in [2.05, 4.69) is 0 Å². The molecule has 0 heterocycles. The maximum atomic E-state index is 8.52. The predicted molar refractivity (Wildman–Crippen MR) is 16.2 cm³/mol. The molecule has 4 nitrogen and oxygen atoms in total. The van der Waals surface area contributed by atoms with Gasteiger partial charge in [0, 0.05) is 49.0 Å². The molecule has 0 fully saturated rings. The van der Waals surface area contributed by atoms with E-state index >= 15 is 0 Å². The molecular weight excluding hydrogens is 279 g/mol. The van der Waals surface area contributed by atoms with Gasteiger partial charge >= 0.3 is 23.1 Å². The molecule has 1 radical (unpaired) electrons. The monoisotopic (exact) mass is 279 g/mol. The maximum Gasteiger partial charge on any atom is 2.00 e. The third-order valence-electron chi connectivity index (χ3n) is 0. The molecule has 41 valence electrons. The quantitative estimate of drug-likeness (QED) is 0.300. The second-order valence-corrected chi connectivity index (χ2v) is 1.22. The van der Waals surface area contributed by atoms with Crippen LogP contribution in [0, 0.1) is 38.6 Å². The van der Waals surface area contributed by atoms with E-state index in [-0.39, 0.29) is 61.7 Å². The van der Waals surface area contributed by atoms with Crippen LogP contribution in [0.1, 0.15) is 0 Å². The van der Waals surface area contributed by atoms with Crippen molar-refractivity contribution in [2.24, 2.45) is 0 Å². The molecule has 0 aliphatic rings. The molecule has 7 heavy (non-hydrogen) atoms. The molecule has 0 aromatic rings. The molecule has 0 aromatic heterocycles. The predicted octanol–water partition coefficient (Wildman–Crippen LogP) is -1.72. The summed E-state index contributed by atoms with van der Waals surface area (Å²) in [5.74, 6) is 0. The molecule has 0 rings (SSSR count). The molecule has 0 N–H and O–H groups in total. The summed E-state index contributed by atoms with van der Waals surface area (Å²) in [5, 5.41) is 0. The normalized spacial score (nSPS) is 8.29. The zero-order valence-corrected chi connectivity index (χ0v) is 7.45. The van der Waals surface area contributed by atoms with Crippen LogP contribution < -0.4 is 0 Å². The van der Waals surface area contributed by atoms with Gasteiger partial charge in [-0.1, -0.05) is 0 Å². The van der Waals surface area contributed by atoms with Gasteiger partial charge < -0.3 is 9.11 Å². The Labute approximate surface area is 88.2 Å². The van der Waals surface area contributed by atoms with Gasteiger partial charge in [-0.25, -0.2) is 0 Å². The van der Waals surface area contributed by atoms with Crippen LogP contribution in [0.2, 0.25) is 0 Å². The van der Waals surface area contributed by atoms with Gasteiger partial charge in [-0.05, 0) is 0 Å². The smallest absolute Gasteiger partial charge is 0.759 e. The third-order valence-corrected chi connectivity index (χ3v) is 0. The minimum Gasteiger partial charge on any atom is -0.759 e. The SMILES string of the molecule is O=S(=O)([O-])[O-].[Mg+2].[Tb]. The summed E-state index contributed by atoms with van der Waals surface area (Å²) in [6, 6.07) is 0. The number of rotatable bonds is 0. The molecule has 0 saturated heterocycles. The van der Waals surface area contributed by atoms with E-state index < -0.39 is 10.4 Å². The van der Waals surface area contributed by atoms with E-state index in [9.17, 15) is 0 Å². The van der Waals surface area contributed by atoms with Gasteiger partial charge in [0.2, 0.25) is 0 Å². The average Bonchev–Trinajstić information content (AvgIpc) is 0.722. The van der Waals surface area contributed by atoms with E-state index in [1.165, 1.54) is 0 Å². The summed E-state index contributed by atoms with van der Waals surface area (Å²) in [6.07, 6.45) is 0. The molecule has 0 atom stereocenters. The summed E-state index contributed by atoms with van der Waals surface area (Å²) in [5.41, 5.74) is 0. The fourth-order valence-electron chi connectivity index (χ4n) is 0. The van der Waals surface area contributed by atoms with Gasteiger partial charge in [-0.2, -0.15) is 0 Å². The van der Waals surface area contributed by atoms with E-state index in [4.69, 9.17) is 17.5 Å². The molecule has 7 heteroatoms. The topological polar surface area (TPSA) is 80.3 Å². The van der Waals surface area contributed by atoms with Crippen molar-refractivity contribution in [2.75, 3.05) is 0 Å². The summed E-state index contributed by atoms with van der Waals surface area (Å²) in [6.45, 7) is 0. The van der Waals surface area contributed by atoms with Crippen molar-refractivity contribution < 1.29 is 56.1 Å². The van der Waals surface area contributed by atoms with Crippen molar-refractivity contribution in [2.45, 2.75) is 0 Å². The first-order valence-electron chi connectivity index (χ1n) is 0.667.